The van der Waals surface area contributed by atoms with Crippen LogP contribution < -0.4 is 5.32 Å². The van der Waals surface area contributed by atoms with E-state index >= 15 is 0 Å². The molecule has 2 aromatic rings. The fourth-order valence-corrected chi connectivity index (χ4v) is 2.03. The number of nitro benzene ring substituents is 1. The summed E-state index contributed by atoms with van der Waals surface area (Å²) in [6, 6.07) is 15.1. The number of hydrogen-bond acceptors (Lipinski definition) is 4. The molecule has 0 saturated heterocycles. The highest BCUT2D eigenvalue weighted by molar-refractivity contribution is 5.79. The quantitative estimate of drug-likeness (QED) is 0.676. The SMILES string of the molecule is N#Cc1cccc(CNC(=O)Cc2ccccc2[N+](=O)[O-])c1. The average molecular weight is 295 g/mol. The van der Waals surface area contributed by atoms with E-state index in [9.17, 15) is 14.9 Å². The van der Waals surface area contributed by atoms with E-state index in [0.29, 0.717) is 11.1 Å². The molecule has 2 aromatic carbocycles. The summed E-state index contributed by atoms with van der Waals surface area (Å²) in [6.45, 7) is 0.273. The Kier molecular flexibility index (Phi) is 4.83. The van der Waals surface area contributed by atoms with Gasteiger partial charge in [-0.05, 0) is 17.7 Å². The molecule has 0 aromatic heterocycles. The van der Waals surface area contributed by atoms with Crippen LogP contribution in [-0.4, -0.2) is 10.8 Å². The Morgan fingerprint density at radius 2 is 2.00 bits per heavy atom. The van der Waals surface area contributed by atoms with Gasteiger partial charge in [0.1, 0.15) is 0 Å². The Morgan fingerprint density at radius 1 is 1.23 bits per heavy atom. The van der Waals surface area contributed by atoms with Gasteiger partial charge in [-0.2, -0.15) is 5.26 Å². The van der Waals surface area contributed by atoms with Gasteiger partial charge in [0.15, 0.2) is 0 Å². The number of amides is 1. The maximum Gasteiger partial charge on any atom is 0.273 e. The predicted molar refractivity (Wildman–Crippen MR) is 79.8 cm³/mol. The molecule has 0 radical (unpaired) electrons. The van der Waals surface area contributed by atoms with Crippen molar-refractivity contribution in [2.75, 3.05) is 0 Å². The van der Waals surface area contributed by atoms with Crippen LogP contribution in [0.15, 0.2) is 48.5 Å². The highest BCUT2D eigenvalue weighted by Crippen LogP contribution is 2.18. The molecular weight excluding hydrogens is 282 g/mol. The zero-order chi connectivity index (χ0) is 15.9. The first kappa shape index (κ1) is 15.2. The van der Waals surface area contributed by atoms with E-state index in [1.807, 2.05) is 6.07 Å². The molecule has 0 spiro atoms. The summed E-state index contributed by atoms with van der Waals surface area (Å²) in [4.78, 5) is 22.3. The summed E-state index contributed by atoms with van der Waals surface area (Å²) < 4.78 is 0. The minimum atomic E-state index is -0.501. The summed E-state index contributed by atoms with van der Waals surface area (Å²) in [5, 5.41) is 22.4. The van der Waals surface area contributed by atoms with Crippen molar-refractivity contribution in [3.63, 3.8) is 0 Å². The van der Waals surface area contributed by atoms with Crippen LogP contribution in [0.5, 0.6) is 0 Å². The number of nitriles is 1. The van der Waals surface area contributed by atoms with Crippen molar-refractivity contribution in [2.45, 2.75) is 13.0 Å². The molecule has 2 rings (SSSR count). The highest BCUT2D eigenvalue weighted by atomic mass is 16.6. The lowest BCUT2D eigenvalue weighted by Gasteiger charge is -2.06. The summed E-state index contributed by atoms with van der Waals surface area (Å²) in [7, 11) is 0. The van der Waals surface area contributed by atoms with E-state index in [4.69, 9.17) is 5.26 Å². The van der Waals surface area contributed by atoms with Crippen molar-refractivity contribution in [2.24, 2.45) is 0 Å². The van der Waals surface area contributed by atoms with E-state index in [-0.39, 0.29) is 24.6 Å². The predicted octanol–water partition coefficient (Wildman–Crippen LogP) is 2.33. The molecule has 0 saturated carbocycles. The number of rotatable bonds is 5. The Balaban J connectivity index is 1.99. The topological polar surface area (TPSA) is 96.0 Å². The van der Waals surface area contributed by atoms with Gasteiger partial charge >= 0.3 is 0 Å². The number of para-hydroxylation sites is 1. The number of nitrogens with one attached hydrogen (secondary N) is 1. The third-order valence-corrected chi connectivity index (χ3v) is 3.09. The third kappa shape index (κ3) is 3.90. The van der Waals surface area contributed by atoms with Crippen LogP contribution >= 0.6 is 0 Å². The highest BCUT2D eigenvalue weighted by Gasteiger charge is 2.15. The summed E-state index contributed by atoms with van der Waals surface area (Å²) in [6.07, 6.45) is -0.0604. The van der Waals surface area contributed by atoms with E-state index in [1.165, 1.54) is 6.07 Å². The summed E-state index contributed by atoms with van der Waals surface area (Å²) in [5.74, 6) is -0.309. The fourth-order valence-electron chi connectivity index (χ4n) is 2.03. The van der Waals surface area contributed by atoms with Crippen molar-refractivity contribution in [1.29, 1.82) is 5.26 Å². The van der Waals surface area contributed by atoms with Gasteiger partial charge < -0.3 is 5.32 Å². The number of carbonyl (C=O) groups excluding carboxylic acids is 1. The summed E-state index contributed by atoms with van der Waals surface area (Å²) >= 11 is 0. The number of hydrogen-bond donors (Lipinski definition) is 1. The first-order valence-corrected chi connectivity index (χ1v) is 6.58. The molecule has 0 aliphatic rings. The molecule has 1 N–H and O–H groups in total. The zero-order valence-electron chi connectivity index (χ0n) is 11.7. The van der Waals surface area contributed by atoms with Crippen molar-refractivity contribution >= 4 is 11.6 Å². The molecule has 0 heterocycles. The first-order valence-electron chi connectivity index (χ1n) is 6.58. The molecule has 1 amide bonds. The van der Waals surface area contributed by atoms with Gasteiger partial charge in [-0.25, -0.2) is 0 Å². The Labute approximate surface area is 127 Å². The third-order valence-electron chi connectivity index (χ3n) is 3.09. The van der Waals surface area contributed by atoms with Crippen LogP contribution in [0.2, 0.25) is 0 Å². The smallest absolute Gasteiger partial charge is 0.273 e. The molecule has 0 aliphatic heterocycles. The molecule has 0 bridgehead atoms. The Morgan fingerprint density at radius 3 is 2.73 bits per heavy atom. The molecule has 0 aliphatic carbocycles. The molecule has 0 fully saturated rings. The van der Waals surface area contributed by atoms with Gasteiger partial charge in [0, 0.05) is 18.2 Å². The zero-order valence-corrected chi connectivity index (χ0v) is 11.7. The second-order valence-corrected chi connectivity index (χ2v) is 4.65. The Bertz CT molecular complexity index is 750. The minimum Gasteiger partial charge on any atom is -0.352 e. The van der Waals surface area contributed by atoms with Crippen molar-refractivity contribution in [3.05, 3.63) is 75.3 Å². The maximum absolute atomic E-state index is 11.9. The van der Waals surface area contributed by atoms with E-state index in [0.717, 1.165) is 5.56 Å². The second-order valence-electron chi connectivity index (χ2n) is 4.65. The monoisotopic (exact) mass is 295 g/mol. The van der Waals surface area contributed by atoms with Crippen molar-refractivity contribution in [3.8, 4) is 6.07 Å². The summed E-state index contributed by atoms with van der Waals surface area (Å²) in [5.41, 5.74) is 1.63. The second kappa shape index (κ2) is 6.99. The van der Waals surface area contributed by atoms with Crippen LogP contribution in [0.25, 0.3) is 0 Å². The van der Waals surface area contributed by atoms with Crippen LogP contribution in [0.1, 0.15) is 16.7 Å². The number of carbonyl (C=O) groups is 1. The standard InChI is InChI=1S/C16H13N3O3/c17-10-12-4-3-5-13(8-12)11-18-16(20)9-14-6-1-2-7-15(14)19(21)22/h1-8H,9,11H2,(H,18,20). The van der Waals surface area contributed by atoms with Crippen molar-refractivity contribution < 1.29 is 9.72 Å². The number of nitro groups is 1. The molecule has 0 unspecified atom stereocenters. The van der Waals surface area contributed by atoms with Crippen LogP contribution in [0, 0.1) is 21.4 Å². The lowest BCUT2D eigenvalue weighted by atomic mass is 10.1. The van der Waals surface area contributed by atoms with Gasteiger partial charge in [0.05, 0.1) is 23.0 Å². The maximum atomic E-state index is 11.9. The molecule has 6 nitrogen and oxygen atoms in total. The molecule has 6 heteroatoms. The van der Waals surface area contributed by atoms with Gasteiger partial charge in [-0.15, -0.1) is 0 Å². The van der Waals surface area contributed by atoms with Crippen LogP contribution in [-0.2, 0) is 17.8 Å². The normalized spacial score (nSPS) is 9.77. The van der Waals surface area contributed by atoms with E-state index in [2.05, 4.69) is 5.32 Å². The van der Waals surface area contributed by atoms with Gasteiger partial charge in [0.2, 0.25) is 5.91 Å². The Hall–Kier alpha value is -3.20. The van der Waals surface area contributed by atoms with Gasteiger partial charge in [-0.1, -0.05) is 30.3 Å². The minimum absolute atomic E-state index is 0.0604. The molecule has 110 valence electrons. The number of benzene rings is 2. The van der Waals surface area contributed by atoms with Gasteiger partial charge in [0.25, 0.3) is 5.69 Å². The molecule has 22 heavy (non-hydrogen) atoms. The first-order chi connectivity index (χ1) is 10.6. The lowest BCUT2D eigenvalue weighted by molar-refractivity contribution is -0.385. The fraction of sp³-hybridized carbons (Fsp3) is 0.125. The van der Waals surface area contributed by atoms with Crippen LogP contribution in [0.3, 0.4) is 0 Å². The molecule has 0 atom stereocenters. The molecular formula is C16H13N3O3. The number of nitrogens with zero attached hydrogens (tertiary/aromatic N) is 2. The largest absolute Gasteiger partial charge is 0.352 e. The van der Waals surface area contributed by atoms with E-state index in [1.54, 1.807) is 42.5 Å². The van der Waals surface area contributed by atoms with Crippen LogP contribution in [0.4, 0.5) is 5.69 Å². The van der Waals surface area contributed by atoms with E-state index < -0.39 is 4.92 Å². The average Bonchev–Trinajstić information content (AvgIpc) is 2.53. The van der Waals surface area contributed by atoms with Gasteiger partial charge in [-0.3, -0.25) is 14.9 Å². The van der Waals surface area contributed by atoms with Crippen molar-refractivity contribution in [1.82, 2.24) is 5.32 Å². The lowest BCUT2D eigenvalue weighted by Crippen LogP contribution is -2.24.